The molecule has 1 saturated carbocycles. The second-order valence-electron chi connectivity index (χ2n) is 6.53. The average Bonchev–Trinajstić information content (AvgIpc) is 2.38. The van der Waals surface area contributed by atoms with Gasteiger partial charge in [0.2, 0.25) is 5.91 Å². The molecule has 0 aromatic rings. The van der Waals surface area contributed by atoms with Gasteiger partial charge in [0.1, 0.15) is 0 Å². The SMILES string of the molecule is COCCNC(=O)C(C)NC1CCCC(CC(C)C)C1. The van der Waals surface area contributed by atoms with Crippen LogP contribution in [0.2, 0.25) is 0 Å². The first-order valence-electron chi connectivity index (χ1n) is 8.05. The van der Waals surface area contributed by atoms with Crippen LogP contribution in [0.15, 0.2) is 0 Å². The monoisotopic (exact) mass is 284 g/mol. The van der Waals surface area contributed by atoms with Crippen LogP contribution in [0.25, 0.3) is 0 Å². The molecule has 0 bridgehead atoms. The van der Waals surface area contributed by atoms with Crippen LogP contribution in [0.5, 0.6) is 0 Å². The lowest BCUT2D eigenvalue weighted by atomic mass is 9.81. The molecule has 0 aromatic heterocycles. The standard InChI is InChI=1S/C16H32N2O2/c1-12(2)10-14-6-5-7-15(11-14)18-13(3)16(19)17-8-9-20-4/h12-15,18H,5-11H2,1-4H3,(H,17,19). The maximum atomic E-state index is 11.9. The Morgan fingerprint density at radius 1 is 1.30 bits per heavy atom. The van der Waals surface area contributed by atoms with Crippen LogP contribution in [0.3, 0.4) is 0 Å². The molecule has 0 saturated heterocycles. The molecule has 1 aliphatic rings. The number of hydrogen-bond acceptors (Lipinski definition) is 3. The molecule has 3 atom stereocenters. The Morgan fingerprint density at radius 3 is 2.70 bits per heavy atom. The van der Waals surface area contributed by atoms with Crippen molar-refractivity contribution < 1.29 is 9.53 Å². The van der Waals surface area contributed by atoms with E-state index in [2.05, 4.69) is 24.5 Å². The van der Waals surface area contributed by atoms with Crippen LogP contribution < -0.4 is 10.6 Å². The van der Waals surface area contributed by atoms with Crippen LogP contribution in [-0.2, 0) is 9.53 Å². The first kappa shape index (κ1) is 17.4. The van der Waals surface area contributed by atoms with Gasteiger partial charge in [-0.25, -0.2) is 0 Å². The van der Waals surface area contributed by atoms with Crippen molar-refractivity contribution in [2.45, 2.75) is 65.0 Å². The van der Waals surface area contributed by atoms with E-state index in [4.69, 9.17) is 4.74 Å². The summed E-state index contributed by atoms with van der Waals surface area (Å²) in [7, 11) is 1.64. The summed E-state index contributed by atoms with van der Waals surface area (Å²) in [6.07, 6.45) is 6.36. The molecule has 118 valence electrons. The fourth-order valence-electron chi connectivity index (χ4n) is 3.18. The largest absolute Gasteiger partial charge is 0.383 e. The van der Waals surface area contributed by atoms with Gasteiger partial charge in [0.15, 0.2) is 0 Å². The molecule has 4 heteroatoms. The summed E-state index contributed by atoms with van der Waals surface area (Å²) in [5.41, 5.74) is 0. The third kappa shape index (κ3) is 6.71. The van der Waals surface area contributed by atoms with Gasteiger partial charge in [0.25, 0.3) is 0 Å². The fraction of sp³-hybridized carbons (Fsp3) is 0.938. The zero-order valence-electron chi connectivity index (χ0n) is 13.6. The molecule has 1 rings (SSSR count). The van der Waals surface area contributed by atoms with Gasteiger partial charge < -0.3 is 15.4 Å². The van der Waals surface area contributed by atoms with Gasteiger partial charge in [-0.1, -0.05) is 26.7 Å². The number of carbonyl (C=O) groups is 1. The van der Waals surface area contributed by atoms with E-state index in [1.807, 2.05) is 6.92 Å². The molecule has 0 heterocycles. The molecule has 0 radical (unpaired) electrons. The predicted octanol–water partition coefficient (Wildman–Crippen LogP) is 2.33. The van der Waals surface area contributed by atoms with Gasteiger partial charge in [-0.2, -0.15) is 0 Å². The summed E-state index contributed by atoms with van der Waals surface area (Å²) in [6.45, 7) is 7.69. The second-order valence-corrected chi connectivity index (χ2v) is 6.53. The second kappa shape index (κ2) is 9.35. The molecule has 3 unspecified atom stereocenters. The summed E-state index contributed by atoms with van der Waals surface area (Å²) in [4.78, 5) is 11.9. The Balaban J connectivity index is 2.29. The highest BCUT2D eigenvalue weighted by Gasteiger charge is 2.25. The first-order valence-corrected chi connectivity index (χ1v) is 8.05. The zero-order valence-corrected chi connectivity index (χ0v) is 13.6. The van der Waals surface area contributed by atoms with Crippen LogP contribution in [0.1, 0.15) is 52.9 Å². The number of nitrogens with one attached hydrogen (secondary N) is 2. The smallest absolute Gasteiger partial charge is 0.236 e. The maximum Gasteiger partial charge on any atom is 0.236 e. The summed E-state index contributed by atoms with van der Waals surface area (Å²) in [5, 5.41) is 6.39. The summed E-state index contributed by atoms with van der Waals surface area (Å²) >= 11 is 0. The van der Waals surface area contributed by atoms with Crippen LogP contribution in [-0.4, -0.2) is 38.3 Å². The molecule has 0 spiro atoms. The highest BCUT2D eigenvalue weighted by Crippen LogP contribution is 2.29. The van der Waals surface area contributed by atoms with Crippen molar-refractivity contribution in [3.63, 3.8) is 0 Å². The zero-order chi connectivity index (χ0) is 15.0. The molecule has 0 aromatic carbocycles. The quantitative estimate of drug-likeness (QED) is 0.673. The van der Waals surface area contributed by atoms with E-state index < -0.39 is 0 Å². The normalized spacial score (nSPS) is 24.6. The topological polar surface area (TPSA) is 50.4 Å². The van der Waals surface area contributed by atoms with Gasteiger partial charge in [-0.05, 0) is 38.0 Å². The van der Waals surface area contributed by atoms with E-state index >= 15 is 0 Å². The van der Waals surface area contributed by atoms with Crippen molar-refractivity contribution in [2.75, 3.05) is 20.3 Å². The number of rotatable bonds is 8. The molecule has 0 aliphatic heterocycles. The maximum absolute atomic E-state index is 11.9. The van der Waals surface area contributed by atoms with Gasteiger partial charge in [0, 0.05) is 19.7 Å². The minimum Gasteiger partial charge on any atom is -0.383 e. The highest BCUT2D eigenvalue weighted by molar-refractivity contribution is 5.81. The summed E-state index contributed by atoms with van der Waals surface area (Å²) in [5.74, 6) is 1.67. The number of carbonyl (C=O) groups excluding carboxylic acids is 1. The van der Waals surface area contributed by atoms with E-state index in [0.29, 0.717) is 19.2 Å². The Labute approximate surface area is 124 Å². The lowest BCUT2D eigenvalue weighted by Gasteiger charge is -2.32. The van der Waals surface area contributed by atoms with Gasteiger partial charge >= 0.3 is 0 Å². The third-order valence-corrected chi connectivity index (χ3v) is 4.07. The first-order chi connectivity index (χ1) is 9.52. The molecule has 4 nitrogen and oxygen atoms in total. The van der Waals surface area contributed by atoms with E-state index in [-0.39, 0.29) is 11.9 Å². The van der Waals surface area contributed by atoms with Gasteiger partial charge in [-0.15, -0.1) is 0 Å². The number of methoxy groups -OCH3 is 1. The molecule has 2 N–H and O–H groups in total. The number of ether oxygens (including phenoxy) is 1. The molecular formula is C16H32N2O2. The van der Waals surface area contributed by atoms with Crippen molar-refractivity contribution in [3.05, 3.63) is 0 Å². The van der Waals surface area contributed by atoms with E-state index in [1.54, 1.807) is 7.11 Å². The van der Waals surface area contributed by atoms with Crippen LogP contribution >= 0.6 is 0 Å². The molecule has 1 fully saturated rings. The van der Waals surface area contributed by atoms with E-state index in [1.165, 1.54) is 32.1 Å². The van der Waals surface area contributed by atoms with Crippen LogP contribution in [0.4, 0.5) is 0 Å². The van der Waals surface area contributed by atoms with Crippen molar-refractivity contribution in [1.29, 1.82) is 0 Å². The Hall–Kier alpha value is -0.610. The lowest BCUT2D eigenvalue weighted by molar-refractivity contribution is -0.123. The minimum atomic E-state index is -0.116. The Morgan fingerprint density at radius 2 is 2.05 bits per heavy atom. The van der Waals surface area contributed by atoms with Crippen molar-refractivity contribution in [3.8, 4) is 0 Å². The minimum absolute atomic E-state index is 0.0769. The van der Waals surface area contributed by atoms with Gasteiger partial charge in [0.05, 0.1) is 12.6 Å². The van der Waals surface area contributed by atoms with Gasteiger partial charge in [-0.3, -0.25) is 4.79 Å². The number of hydrogen-bond donors (Lipinski definition) is 2. The Bertz CT molecular complexity index is 282. The molecule has 1 aliphatic carbocycles. The van der Waals surface area contributed by atoms with Crippen LogP contribution in [0, 0.1) is 11.8 Å². The number of amides is 1. The summed E-state index contributed by atoms with van der Waals surface area (Å²) < 4.78 is 4.94. The highest BCUT2D eigenvalue weighted by atomic mass is 16.5. The Kier molecular flexibility index (Phi) is 8.15. The third-order valence-electron chi connectivity index (χ3n) is 4.07. The fourth-order valence-corrected chi connectivity index (χ4v) is 3.18. The summed E-state index contributed by atoms with van der Waals surface area (Å²) in [6, 6.07) is 0.380. The lowest BCUT2D eigenvalue weighted by Crippen LogP contribution is -2.48. The predicted molar refractivity (Wildman–Crippen MR) is 82.7 cm³/mol. The molecule has 1 amide bonds. The van der Waals surface area contributed by atoms with E-state index in [9.17, 15) is 4.79 Å². The van der Waals surface area contributed by atoms with E-state index in [0.717, 1.165) is 11.8 Å². The average molecular weight is 284 g/mol. The van der Waals surface area contributed by atoms with Crippen molar-refractivity contribution in [2.24, 2.45) is 11.8 Å². The molecular weight excluding hydrogens is 252 g/mol. The molecule has 20 heavy (non-hydrogen) atoms. The van der Waals surface area contributed by atoms with Crippen molar-refractivity contribution in [1.82, 2.24) is 10.6 Å². The van der Waals surface area contributed by atoms with Crippen molar-refractivity contribution >= 4 is 5.91 Å².